The summed E-state index contributed by atoms with van der Waals surface area (Å²) in [6, 6.07) is 0.624. The Labute approximate surface area is 114 Å². The van der Waals surface area contributed by atoms with Crippen molar-refractivity contribution in [2.24, 2.45) is 7.05 Å². The normalized spacial score (nSPS) is 23.5. The van der Waals surface area contributed by atoms with E-state index in [9.17, 15) is 0 Å². The third-order valence-electron chi connectivity index (χ3n) is 4.34. The van der Waals surface area contributed by atoms with E-state index in [1.807, 2.05) is 17.9 Å². The lowest BCUT2D eigenvalue weighted by molar-refractivity contribution is -0.183. The molecule has 3 rings (SSSR count). The average molecular weight is 265 g/mol. The Morgan fingerprint density at radius 3 is 2.63 bits per heavy atom. The largest absolute Gasteiger partial charge is 0.348 e. The van der Waals surface area contributed by atoms with Crippen LogP contribution in [0.25, 0.3) is 0 Å². The first-order chi connectivity index (χ1) is 9.17. The zero-order valence-electron chi connectivity index (χ0n) is 11.8. The summed E-state index contributed by atoms with van der Waals surface area (Å²) in [6.45, 7) is 2.49. The van der Waals surface area contributed by atoms with Crippen molar-refractivity contribution >= 4 is 0 Å². The van der Waals surface area contributed by atoms with Crippen LogP contribution >= 0.6 is 0 Å². The molecule has 5 nitrogen and oxygen atoms in total. The molecule has 19 heavy (non-hydrogen) atoms. The molecule has 1 saturated carbocycles. The van der Waals surface area contributed by atoms with Crippen LogP contribution in [0.2, 0.25) is 0 Å². The number of nitrogens with zero attached hydrogens (tertiary/aromatic N) is 3. The second-order valence-corrected chi connectivity index (χ2v) is 5.78. The number of hydrogen-bond acceptors (Lipinski definition) is 4. The molecule has 106 valence electrons. The van der Waals surface area contributed by atoms with Gasteiger partial charge in [-0.05, 0) is 19.9 Å². The molecule has 2 heterocycles. The minimum atomic E-state index is -0.244. The van der Waals surface area contributed by atoms with E-state index in [0.717, 1.165) is 45.4 Å². The Kier molecular flexibility index (Phi) is 3.60. The van der Waals surface area contributed by atoms with E-state index in [1.54, 1.807) is 0 Å². The van der Waals surface area contributed by atoms with Crippen LogP contribution in [0.15, 0.2) is 12.4 Å². The molecule has 1 aromatic rings. The molecule has 0 radical (unpaired) electrons. The van der Waals surface area contributed by atoms with Crippen molar-refractivity contribution in [2.75, 3.05) is 20.3 Å². The highest BCUT2D eigenvalue weighted by molar-refractivity contribution is 5.03. The third kappa shape index (κ3) is 2.83. The summed E-state index contributed by atoms with van der Waals surface area (Å²) in [6.07, 6.45) is 8.38. The summed E-state index contributed by atoms with van der Waals surface area (Å²) in [4.78, 5) is 2.43. The van der Waals surface area contributed by atoms with Crippen LogP contribution in [0.3, 0.4) is 0 Å². The lowest BCUT2D eigenvalue weighted by Gasteiger charge is -2.39. The molecule has 2 fully saturated rings. The van der Waals surface area contributed by atoms with Gasteiger partial charge in [0.1, 0.15) is 0 Å². The van der Waals surface area contributed by atoms with Crippen molar-refractivity contribution in [1.82, 2.24) is 14.7 Å². The molecule has 1 aliphatic carbocycles. The van der Waals surface area contributed by atoms with Crippen molar-refractivity contribution in [3.05, 3.63) is 18.0 Å². The van der Waals surface area contributed by atoms with Gasteiger partial charge in [-0.3, -0.25) is 9.58 Å². The summed E-state index contributed by atoms with van der Waals surface area (Å²) >= 11 is 0. The van der Waals surface area contributed by atoms with E-state index in [4.69, 9.17) is 9.47 Å². The number of rotatable bonds is 3. The lowest BCUT2D eigenvalue weighted by Crippen LogP contribution is -2.42. The predicted octanol–water partition coefficient (Wildman–Crippen LogP) is 1.54. The second kappa shape index (κ2) is 5.23. The zero-order chi connectivity index (χ0) is 13.3. The minimum Gasteiger partial charge on any atom is -0.348 e. The first-order valence-corrected chi connectivity index (χ1v) is 7.13. The zero-order valence-corrected chi connectivity index (χ0v) is 11.8. The minimum absolute atomic E-state index is 0.244. The van der Waals surface area contributed by atoms with Crippen molar-refractivity contribution in [3.8, 4) is 0 Å². The molecule has 0 amide bonds. The highest BCUT2D eigenvalue weighted by Gasteiger charge is 2.40. The van der Waals surface area contributed by atoms with Crippen LogP contribution in [0.5, 0.6) is 0 Å². The van der Waals surface area contributed by atoms with Crippen LogP contribution < -0.4 is 0 Å². The molecule has 0 aromatic carbocycles. The first kappa shape index (κ1) is 13.1. The van der Waals surface area contributed by atoms with Gasteiger partial charge in [-0.15, -0.1) is 0 Å². The molecular weight excluding hydrogens is 242 g/mol. The molecular formula is C14H23N3O2. The van der Waals surface area contributed by atoms with Gasteiger partial charge in [0.15, 0.2) is 5.79 Å². The van der Waals surface area contributed by atoms with Crippen LogP contribution in [0.1, 0.15) is 31.2 Å². The monoisotopic (exact) mass is 265 g/mol. The van der Waals surface area contributed by atoms with Gasteiger partial charge in [-0.1, -0.05) is 0 Å². The van der Waals surface area contributed by atoms with Gasteiger partial charge < -0.3 is 9.47 Å². The Morgan fingerprint density at radius 1 is 1.37 bits per heavy atom. The van der Waals surface area contributed by atoms with Crippen molar-refractivity contribution < 1.29 is 9.47 Å². The van der Waals surface area contributed by atoms with E-state index >= 15 is 0 Å². The Hall–Kier alpha value is -0.910. The summed E-state index contributed by atoms with van der Waals surface area (Å²) in [5.74, 6) is -0.244. The van der Waals surface area contributed by atoms with Crippen molar-refractivity contribution in [1.29, 1.82) is 0 Å². The fraction of sp³-hybridized carbons (Fsp3) is 0.786. The molecule has 0 atom stereocenters. The van der Waals surface area contributed by atoms with Crippen molar-refractivity contribution in [2.45, 2.75) is 44.1 Å². The van der Waals surface area contributed by atoms with Gasteiger partial charge in [-0.25, -0.2) is 0 Å². The topological polar surface area (TPSA) is 39.5 Å². The van der Waals surface area contributed by atoms with E-state index in [1.165, 1.54) is 5.56 Å². The highest BCUT2D eigenvalue weighted by atomic mass is 16.7. The van der Waals surface area contributed by atoms with Gasteiger partial charge in [0.2, 0.25) is 0 Å². The molecule has 1 saturated heterocycles. The maximum absolute atomic E-state index is 5.78. The quantitative estimate of drug-likeness (QED) is 0.831. The maximum Gasteiger partial charge on any atom is 0.168 e. The predicted molar refractivity (Wildman–Crippen MR) is 71.6 cm³/mol. The molecule has 1 spiro atoms. The fourth-order valence-corrected chi connectivity index (χ4v) is 3.24. The van der Waals surface area contributed by atoms with E-state index < -0.39 is 0 Å². The molecule has 0 bridgehead atoms. The average Bonchev–Trinajstić information content (AvgIpc) is 3.00. The molecule has 1 aromatic heterocycles. The van der Waals surface area contributed by atoms with Crippen LogP contribution in [0.4, 0.5) is 0 Å². The smallest absolute Gasteiger partial charge is 0.168 e. The molecule has 1 aliphatic heterocycles. The number of aryl methyl sites for hydroxylation is 1. The third-order valence-corrected chi connectivity index (χ3v) is 4.34. The van der Waals surface area contributed by atoms with Crippen LogP contribution in [-0.2, 0) is 23.1 Å². The van der Waals surface area contributed by atoms with E-state index in [0.29, 0.717) is 6.04 Å². The summed E-state index contributed by atoms with van der Waals surface area (Å²) in [5.41, 5.74) is 1.28. The summed E-state index contributed by atoms with van der Waals surface area (Å²) in [5, 5.41) is 4.22. The lowest BCUT2D eigenvalue weighted by atomic mass is 9.89. The summed E-state index contributed by atoms with van der Waals surface area (Å²) in [7, 11) is 4.16. The fourth-order valence-electron chi connectivity index (χ4n) is 3.24. The molecule has 2 aliphatic rings. The van der Waals surface area contributed by atoms with Gasteiger partial charge in [0, 0.05) is 44.2 Å². The molecule has 5 heteroatoms. The van der Waals surface area contributed by atoms with E-state index in [-0.39, 0.29) is 5.79 Å². The van der Waals surface area contributed by atoms with Gasteiger partial charge in [0.25, 0.3) is 0 Å². The summed E-state index contributed by atoms with van der Waals surface area (Å²) < 4.78 is 13.4. The van der Waals surface area contributed by atoms with Crippen LogP contribution in [-0.4, -0.2) is 46.8 Å². The SMILES string of the molecule is CN(Cc1cnn(C)c1)C1CCC2(CC1)OCCO2. The first-order valence-electron chi connectivity index (χ1n) is 7.13. The highest BCUT2D eigenvalue weighted by Crippen LogP contribution is 2.37. The van der Waals surface area contributed by atoms with Crippen LogP contribution in [0, 0.1) is 0 Å². The Bertz CT molecular complexity index is 416. The van der Waals surface area contributed by atoms with Crippen molar-refractivity contribution in [3.63, 3.8) is 0 Å². The number of ether oxygens (including phenoxy) is 2. The standard InChI is InChI=1S/C14H23N3O2/c1-16(10-12-9-15-17(2)11-12)13-3-5-14(6-4-13)18-7-8-19-14/h9,11,13H,3-8,10H2,1-2H3. The number of hydrogen-bond donors (Lipinski definition) is 0. The molecule has 0 N–H and O–H groups in total. The second-order valence-electron chi connectivity index (χ2n) is 5.78. The maximum atomic E-state index is 5.78. The Balaban J connectivity index is 1.53. The van der Waals surface area contributed by atoms with E-state index in [2.05, 4.69) is 23.2 Å². The Morgan fingerprint density at radius 2 is 2.05 bits per heavy atom. The van der Waals surface area contributed by atoms with Gasteiger partial charge in [-0.2, -0.15) is 5.10 Å². The number of aromatic nitrogens is 2. The van der Waals surface area contributed by atoms with Gasteiger partial charge in [0.05, 0.1) is 19.4 Å². The van der Waals surface area contributed by atoms with Gasteiger partial charge >= 0.3 is 0 Å². The molecule has 0 unspecified atom stereocenters.